The number of nitrogens with one attached hydrogen (secondary N) is 1. The molecule has 0 atom stereocenters. The Labute approximate surface area is 109 Å². The monoisotopic (exact) mass is 245 g/mol. The maximum Gasteiger partial charge on any atom is 0.117 e. The Kier molecular flexibility index (Phi) is 2.54. The van der Waals surface area contributed by atoms with Gasteiger partial charge < -0.3 is 9.73 Å². The molecule has 4 saturated carbocycles. The molecule has 0 unspecified atom stereocenters. The molecule has 0 amide bonds. The molecule has 5 rings (SSSR count). The molecule has 1 heterocycles. The normalized spacial score (nSPS) is 41.5. The first kappa shape index (κ1) is 11.1. The fourth-order valence-electron chi connectivity index (χ4n) is 5.06. The second-order valence-corrected chi connectivity index (χ2v) is 6.85. The van der Waals surface area contributed by atoms with Crippen LogP contribution in [0.5, 0.6) is 0 Å². The van der Waals surface area contributed by atoms with Crippen LogP contribution in [0, 0.1) is 30.6 Å². The molecular formula is C16H23NO. The van der Waals surface area contributed by atoms with Crippen molar-refractivity contribution in [3.8, 4) is 0 Å². The van der Waals surface area contributed by atoms with E-state index in [0.29, 0.717) is 0 Å². The molecule has 0 aliphatic heterocycles. The van der Waals surface area contributed by atoms with Crippen molar-refractivity contribution in [2.45, 2.75) is 51.6 Å². The quantitative estimate of drug-likeness (QED) is 0.881. The maximum atomic E-state index is 5.66. The molecule has 2 nitrogen and oxygen atoms in total. The fraction of sp³-hybridized carbons (Fsp3) is 0.750. The van der Waals surface area contributed by atoms with Crippen molar-refractivity contribution in [2.75, 3.05) is 0 Å². The van der Waals surface area contributed by atoms with Crippen LogP contribution in [0.4, 0.5) is 0 Å². The number of furan rings is 1. The van der Waals surface area contributed by atoms with Crippen molar-refractivity contribution in [3.05, 3.63) is 23.7 Å². The Hall–Kier alpha value is -0.760. The third kappa shape index (κ3) is 1.82. The van der Waals surface area contributed by atoms with Gasteiger partial charge in [-0.15, -0.1) is 0 Å². The highest BCUT2D eigenvalue weighted by Gasteiger charge is 2.47. The van der Waals surface area contributed by atoms with Crippen LogP contribution in [-0.2, 0) is 6.54 Å². The summed E-state index contributed by atoms with van der Waals surface area (Å²) in [6.45, 7) is 2.94. The first-order valence-electron chi connectivity index (χ1n) is 7.56. The lowest BCUT2D eigenvalue weighted by molar-refractivity contribution is -0.0147. The van der Waals surface area contributed by atoms with E-state index in [1.807, 2.05) is 6.92 Å². The lowest BCUT2D eigenvalue weighted by Gasteiger charge is -2.54. The minimum Gasteiger partial charge on any atom is -0.465 e. The molecule has 2 heteroatoms. The minimum atomic E-state index is 0.767. The van der Waals surface area contributed by atoms with Crippen molar-refractivity contribution in [1.82, 2.24) is 5.32 Å². The van der Waals surface area contributed by atoms with E-state index in [1.165, 1.54) is 32.1 Å². The van der Waals surface area contributed by atoms with Gasteiger partial charge in [0.15, 0.2) is 0 Å². The van der Waals surface area contributed by atoms with Gasteiger partial charge in [0.05, 0.1) is 6.54 Å². The second-order valence-electron chi connectivity index (χ2n) is 6.85. The topological polar surface area (TPSA) is 25.2 Å². The highest BCUT2D eigenvalue weighted by Crippen LogP contribution is 2.53. The average Bonchev–Trinajstić information content (AvgIpc) is 2.73. The maximum absolute atomic E-state index is 5.66. The summed E-state index contributed by atoms with van der Waals surface area (Å²) >= 11 is 0. The molecule has 1 aromatic rings. The number of rotatable bonds is 3. The molecule has 4 aliphatic carbocycles. The first-order chi connectivity index (χ1) is 8.78. The van der Waals surface area contributed by atoms with Crippen LogP contribution >= 0.6 is 0 Å². The molecule has 98 valence electrons. The zero-order valence-corrected chi connectivity index (χ0v) is 11.2. The molecule has 0 aromatic carbocycles. The van der Waals surface area contributed by atoms with Crippen LogP contribution in [-0.4, -0.2) is 6.04 Å². The zero-order chi connectivity index (χ0) is 12.1. The Bertz CT molecular complexity index is 408. The molecule has 1 N–H and O–H groups in total. The predicted molar refractivity (Wildman–Crippen MR) is 71.1 cm³/mol. The summed E-state index contributed by atoms with van der Waals surface area (Å²) in [7, 11) is 0. The van der Waals surface area contributed by atoms with Crippen molar-refractivity contribution in [2.24, 2.45) is 23.7 Å². The Morgan fingerprint density at radius 2 is 1.72 bits per heavy atom. The van der Waals surface area contributed by atoms with Gasteiger partial charge in [-0.05, 0) is 74.8 Å². The molecule has 4 bridgehead atoms. The lowest BCUT2D eigenvalue weighted by Crippen LogP contribution is -2.54. The molecule has 0 saturated heterocycles. The van der Waals surface area contributed by atoms with Crippen molar-refractivity contribution >= 4 is 0 Å². The Morgan fingerprint density at radius 1 is 1.06 bits per heavy atom. The fourth-order valence-corrected chi connectivity index (χ4v) is 5.06. The SMILES string of the molecule is Cc1ccc(CNC2C3CC4CC(C3)CC2C4)o1. The number of hydrogen-bond acceptors (Lipinski definition) is 2. The van der Waals surface area contributed by atoms with Crippen LogP contribution in [0.25, 0.3) is 0 Å². The molecule has 4 fully saturated rings. The van der Waals surface area contributed by atoms with Crippen molar-refractivity contribution < 1.29 is 4.42 Å². The summed E-state index contributed by atoms with van der Waals surface area (Å²) in [6.07, 6.45) is 7.49. The largest absolute Gasteiger partial charge is 0.465 e. The summed E-state index contributed by atoms with van der Waals surface area (Å²) in [5.41, 5.74) is 0. The van der Waals surface area contributed by atoms with E-state index in [-0.39, 0.29) is 0 Å². The van der Waals surface area contributed by atoms with Gasteiger partial charge in [0.2, 0.25) is 0 Å². The van der Waals surface area contributed by atoms with Gasteiger partial charge in [-0.25, -0.2) is 0 Å². The van der Waals surface area contributed by atoms with E-state index in [9.17, 15) is 0 Å². The van der Waals surface area contributed by atoms with Crippen LogP contribution < -0.4 is 5.32 Å². The van der Waals surface area contributed by atoms with Crippen molar-refractivity contribution in [3.63, 3.8) is 0 Å². The molecular weight excluding hydrogens is 222 g/mol. The van der Waals surface area contributed by atoms with E-state index in [1.54, 1.807) is 0 Å². The van der Waals surface area contributed by atoms with Gasteiger partial charge in [-0.1, -0.05) is 0 Å². The minimum absolute atomic E-state index is 0.767. The highest BCUT2D eigenvalue weighted by molar-refractivity contribution is 5.07. The summed E-state index contributed by atoms with van der Waals surface area (Å²) < 4.78 is 5.66. The van der Waals surface area contributed by atoms with Gasteiger partial charge in [-0.2, -0.15) is 0 Å². The number of aryl methyl sites for hydroxylation is 1. The molecule has 18 heavy (non-hydrogen) atoms. The third-order valence-electron chi connectivity index (χ3n) is 5.53. The van der Waals surface area contributed by atoms with E-state index in [0.717, 1.165) is 47.8 Å². The van der Waals surface area contributed by atoms with Crippen LogP contribution in [0.1, 0.15) is 43.6 Å². The zero-order valence-electron chi connectivity index (χ0n) is 11.2. The van der Waals surface area contributed by atoms with Crippen LogP contribution in [0.15, 0.2) is 16.5 Å². The van der Waals surface area contributed by atoms with E-state index in [2.05, 4.69) is 17.4 Å². The Balaban J connectivity index is 1.43. The van der Waals surface area contributed by atoms with Crippen LogP contribution in [0.2, 0.25) is 0 Å². The third-order valence-corrected chi connectivity index (χ3v) is 5.53. The lowest BCUT2D eigenvalue weighted by atomic mass is 9.54. The Morgan fingerprint density at radius 3 is 2.28 bits per heavy atom. The molecule has 4 aliphatic rings. The summed E-state index contributed by atoms with van der Waals surface area (Å²) in [6, 6.07) is 4.94. The highest BCUT2D eigenvalue weighted by atomic mass is 16.3. The predicted octanol–water partition coefficient (Wildman–Crippen LogP) is 3.50. The molecule has 0 radical (unpaired) electrons. The van der Waals surface area contributed by atoms with Gasteiger partial charge in [0.1, 0.15) is 11.5 Å². The van der Waals surface area contributed by atoms with Gasteiger partial charge in [0.25, 0.3) is 0 Å². The van der Waals surface area contributed by atoms with E-state index >= 15 is 0 Å². The summed E-state index contributed by atoms with van der Waals surface area (Å²) in [4.78, 5) is 0. The van der Waals surface area contributed by atoms with Gasteiger partial charge in [0, 0.05) is 6.04 Å². The first-order valence-corrected chi connectivity index (χ1v) is 7.56. The van der Waals surface area contributed by atoms with Crippen LogP contribution in [0.3, 0.4) is 0 Å². The van der Waals surface area contributed by atoms with E-state index in [4.69, 9.17) is 4.42 Å². The second kappa shape index (κ2) is 4.12. The average molecular weight is 245 g/mol. The van der Waals surface area contributed by atoms with Crippen molar-refractivity contribution in [1.29, 1.82) is 0 Å². The standard InChI is InChI=1S/C16H23NO/c1-10-2-3-15(18-10)9-17-16-13-5-11-4-12(7-13)8-14(16)6-11/h2-3,11-14,16-17H,4-9H2,1H3. The summed E-state index contributed by atoms with van der Waals surface area (Å²) in [5, 5.41) is 3.80. The van der Waals surface area contributed by atoms with Gasteiger partial charge >= 0.3 is 0 Å². The number of hydrogen-bond donors (Lipinski definition) is 1. The molecule has 0 spiro atoms. The van der Waals surface area contributed by atoms with Gasteiger partial charge in [-0.3, -0.25) is 0 Å². The molecule has 1 aromatic heterocycles. The summed E-state index contributed by atoms with van der Waals surface area (Å²) in [5.74, 6) is 6.17. The van der Waals surface area contributed by atoms with E-state index < -0.39 is 0 Å². The smallest absolute Gasteiger partial charge is 0.117 e.